The Balaban J connectivity index is 2.31. The third kappa shape index (κ3) is 3.77. The van der Waals surface area contributed by atoms with Crippen LogP contribution in [0.3, 0.4) is 0 Å². The highest BCUT2D eigenvalue weighted by molar-refractivity contribution is 9.11. The quantitative estimate of drug-likeness (QED) is 0.294. The van der Waals surface area contributed by atoms with Gasteiger partial charge in [-0.05, 0) is 64.7 Å². The Labute approximate surface area is 171 Å². The number of halogens is 3. The van der Waals surface area contributed by atoms with Crippen molar-refractivity contribution in [2.75, 3.05) is 6.61 Å². The van der Waals surface area contributed by atoms with Crippen LogP contribution in [0.2, 0.25) is 5.02 Å². The highest BCUT2D eigenvalue weighted by atomic mass is 79.9. The van der Waals surface area contributed by atoms with E-state index in [0.717, 1.165) is 36.4 Å². The predicted molar refractivity (Wildman–Crippen MR) is 111 cm³/mol. The third-order valence-electron chi connectivity index (χ3n) is 3.78. The number of thiazole rings is 1. The number of aromatic nitrogens is 1. The van der Waals surface area contributed by atoms with E-state index in [9.17, 15) is 4.79 Å². The van der Waals surface area contributed by atoms with Crippen LogP contribution in [0.25, 0.3) is 21.3 Å². The highest BCUT2D eigenvalue weighted by Gasteiger charge is 2.27. The second-order valence-corrected chi connectivity index (χ2v) is 9.05. The number of alkyl halides is 1. The molecular weight excluding hydrogens is 490 g/mol. The van der Waals surface area contributed by atoms with Gasteiger partial charge in [-0.15, -0.1) is 11.3 Å². The van der Waals surface area contributed by atoms with Crippen molar-refractivity contribution in [2.45, 2.75) is 18.7 Å². The number of ether oxygens (including phenoxy) is 1. The molecule has 0 fully saturated rings. The van der Waals surface area contributed by atoms with Gasteiger partial charge in [-0.2, -0.15) is 0 Å². The molecule has 1 heterocycles. The van der Waals surface area contributed by atoms with Gasteiger partial charge >= 0.3 is 5.97 Å². The second-order valence-electron chi connectivity index (χ2n) is 5.42. The first kappa shape index (κ1) is 18.8. The van der Waals surface area contributed by atoms with Gasteiger partial charge in [-0.1, -0.05) is 39.7 Å². The average Bonchev–Trinajstić information content (AvgIpc) is 2.93. The fourth-order valence-corrected chi connectivity index (χ4v) is 5.12. The molecule has 0 saturated carbocycles. The lowest BCUT2D eigenvalue weighted by Crippen LogP contribution is -2.13. The fourth-order valence-electron chi connectivity index (χ4n) is 2.75. The molecule has 0 N–H and O–H groups in total. The van der Waals surface area contributed by atoms with E-state index in [2.05, 4.69) is 36.8 Å². The van der Waals surface area contributed by atoms with Gasteiger partial charge in [-0.3, -0.25) is 4.79 Å². The van der Waals surface area contributed by atoms with Crippen molar-refractivity contribution in [3.05, 3.63) is 50.4 Å². The van der Waals surface area contributed by atoms with Crippen LogP contribution in [0.4, 0.5) is 0 Å². The number of carbonyl (C=O) groups is 1. The Morgan fingerprint density at radius 2 is 2.04 bits per heavy atom. The zero-order chi connectivity index (χ0) is 18.1. The molecule has 0 radical (unpaired) electrons. The molecule has 0 aliphatic carbocycles. The maximum Gasteiger partial charge on any atom is 0.324 e. The summed E-state index contributed by atoms with van der Waals surface area (Å²) < 4.78 is 7.03. The standard InChI is InChI=1S/C18H14Br2ClNO2S/c1-3-24-17(23)15(19)13-9(2)8-12-16(25-18(20)22-12)14(13)10-4-6-11(21)7-5-10/h4-8,15H,3H2,1-2H3/t15-/m1/s1. The Hall–Kier alpha value is -0.950. The predicted octanol–water partition coefficient (Wildman–Crippen LogP) is 6.69. The average molecular weight is 504 g/mol. The largest absolute Gasteiger partial charge is 0.465 e. The van der Waals surface area contributed by atoms with Crippen LogP contribution in [0.15, 0.2) is 34.2 Å². The summed E-state index contributed by atoms with van der Waals surface area (Å²) in [6.45, 7) is 4.12. The lowest BCUT2D eigenvalue weighted by molar-refractivity contribution is -0.142. The minimum Gasteiger partial charge on any atom is -0.465 e. The summed E-state index contributed by atoms with van der Waals surface area (Å²) in [6.07, 6.45) is 0. The number of hydrogen-bond donors (Lipinski definition) is 0. The summed E-state index contributed by atoms with van der Waals surface area (Å²) in [5.74, 6) is -0.302. The number of benzene rings is 2. The normalized spacial score (nSPS) is 12.4. The first-order valence-electron chi connectivity index (χ1n) is 7.58. The Morgan fingerprint density at radius 3 is 2.68 bits per heavy atom. The highest BCUT2D eigenvalue weighted by Crippen LogP contribution is 2.44. The van der Waals surface area contributed by atoms with E-state index in [0.29, 0.717) is 11.6 Å². The third-order valence-corrected chi connectivity index (χ3v) is 6.41. The van der Waals surface area contributed by atoms with E-state index < -0.39 is 4.83 Å². The van der Waals surface area contributed by atoms with E-state index in [-0.39, 0.29) is 5.97 Å². The summed E-state index contributed by atoms with van der Waals surface area (Å²) in [6, 6.07) is 9.60. The first-order valence-corrected chi connectivity index (χ1v) is 10.5. The number of carbonyl (C=O) groups excluding carboxylic acids is 1. The van der Waals surface area contributed by atoms with Crippen molar-refractivity contribution in [1.29, 1.82) is 0 Å². The number of fused-ring (bicyclic) bond motifs is 1. The van der Waals surface area contributed by atoms with Crippen LogP contribution >= 0.6 is 54.8 Å². The van der Waals surface area contributed by atoms with Gasteiger partial charge in [0.15, 0.2) is 3.92 Å². The molecule has 0 spiro atoms. The second kappa shape index (κ2) is 7.74. The lowest BCUT2D eigenvalue weighted by atomic mass is 9.93. The van der Waals surface area contributed by atoms with E-state index in [1.54, 1.807) is 18.3 Å². The molecule has 1 atom stereocenters. The van der Waals surface area contributed by atoms with Crippen molar-refractivity contribution in [1.82, 2.24) is 4.98 Å². The summed E-state index contributed by atoms with van der Waals surface area (Å²) in [5, 5.41) is 0.667. The lowest BCUT2D eigenvalue weighted by Gasteiger charge is -2.18. The van der Waals surface area contributed by atoms with E-state index in [1.165, 1.54) is 0 Å². The Kier molecular flexibility index (Phi) is 5.83. The molecule has 0 amide bonds. The number of esters is 1. The Bertz CT molecular complexity index is 940. The minimum absolute atomic E-state index is 0.302. The maximum absolute atomic E-state index is 12.4. The van der Waals surface area contributed by atoms with Gasteiger partial charge in [0.05, 0.1) is 16.8 Å². The first-order chi connectivity index (χ1) is 11.9. The number of hydrogen-bond acceptors (Lipinski definition) is 4. The van der Waals surface area contributed by atoms with Crippen molar-refractivity contribution >= 4 is 71.0 Å². The molecule has 0 aliphatic heterocycles. The number of aryl methyl sites for hydroxylation is 1. The molecule has 2 aromatic carbocycles. The summed E-state index contributed by atoms with van der Waals surface area (Å²) in [4.78, 5) is 16.3. The van der Waals surface area contributed by atoms with Crippen LogP contribution in [0.5, 0.6) is 0 Å². The fraction of sp³-hybridized carbons (Fsp3) is 0.222. The molecule has 0 unspecified atom stereocenters. The zero-order valence-corrected chi connectivity index (χ0v) is 18.2. The molecule has 3 nitrogen and oxygen atoms in total. The molecule has 3 aromatic rings. The van der Waals surface area contributed by atoms with Crippen LogP contribution in [-0.2, 0) is 9.53 Å². The van der Waals surface area contributed by atoms with Crippen molar-refractivity contribution in [3.63, 3.8) is 0 Å². The molecular formula is C18H14Br2ClNO2S. The van der Waals surface area contributed by atoms with E-state index in [1.807, 2.05) is 37.3 Å². The molecule has 25 heavy (non-hydrogen) atoms. The summed E-state index contributed by atoms with van der Waals surface area (Å²) >= 11 is 14.6. The van der Waals surface area contributed by atoms with E-state index >= 15 is 0 Å². The van der Waals surface area contributed by atoms with E-state index in [4.69, 9.17) is 16.3 Å². The van der Waals surface area contributed by atoms with Gasteiger partial charge in [-0.25, -0.2) is 4.98 Å². The summed E-state index contributed by atoms with van der Waals surface area (Å²) in [7, 11) is 0. The molecule has 0 aliphatic rings. The Morgan fingerprint density at radius 1 is 1.36 bits per heavy atom. The number of nitrogens with zero attached hydrogens (tertiary/aromatic N) is 1. The smallest absolute Gasteiger partial charge is 0.324 e. The molecule has 7 heteroatoms. The van der Waals surface area contributed by atoms with Gasteiger partial charge in [0.2, 0.25) is 0 Å². The van der Waals surface area contributed by atoms with Crippen LogP contribution in [-0.4, -0.2) is 17.6 Å². The monoisotopic (exact) mass is 501 g/mol. The van der Waals surface area contributed by atoms with Crippen LogP contribution in [0.1, 0.15) is 22.9 Å². The zero-order valence-electron chi connectivity index (χ0n) is 13.5. The topological polar surface area (TPSA) is 39.2 Å². The maximum atomic E-state index is 12.4. The van der Waals surface area contributed by atoms with Crippen LogP contribution in [0, 0.1) is 6.92 Å². The van der Waals surface area contributed by atoms with Crippen LogP contribution < -0.4 is 0 Å². The van der Waals surface area contributed by atoms with Crippen molar-refractivity contribution in [2.24, 2.45) is 0 Å². The van der Waals surface area contributed by atoms with Crippen molar-refractivity contribution < 1.29 is 9.53 Å². The summed E-state index contributed by atoms with van der Waals surface area (Å²) in [5.41, 5.74) is 4.73. The van der Waals surface area contributed by atoms with Crippen molar-refractivity contribution in [3.8, 4) is 11.1 Å². The number of rotatable bonds is 4. The molecule has 0 bridgehead atoms. The molecule has 130 valence electrons. The van der Waals surface area contributed by atoms with Gasteiger partial charge in [0.25, 0.3) is 0 Å². The minimum atomic E-state index is -0.552. The van der Waals surface area contributed by atoms with Gasteiger partial charge in [0, 0.05) is 10.6 Å². The SMILES string of the molecule is CCOC(=O)[C@H](Br)c1c(C)cc2nc(Br)sc2c1-c1ccc(Cl)cc1. The molecule has 1 aromatic heterocycles. The van der Waals surface area contributed by atoms with Gasteiger partial charge < -0.3 is 4.74 Å². The van der Waals surface area contributed by atoms with Gasteiger partial charge in [0.1, 0.15) is 4.83 Å². The molecule has 0 saturated heterocycles. The molecule has 3 rings (SSSR count).